The van der Waals surface area contributed by atoms with E-state index in [-0.39, 0.29) is 29.7 Å². The van der Waals surface area contributed by atoms with Gasteiger partial charge in [0.05, 0.1) is 6.61 Å². The molecule has 0 aliphatic carbocycles. The summed E-state index contributed by atoms with van der Waals surface area (Å²) >= 11 is 0. The van der Waals surface area contributed by atoms with Crippen molar-refractivity contribution in [3.8, 4) is 5.88 Å². The van der Waals surface area contributed by atoms with Crippen molar-refractivity contribution in [3.63, 3.8) is 0 Å². The minimum absolute atomic E-state index is 0.0184. The van der Waals surface area contributed by atoms with Crippen molar-refractivity contribution < 1.29 is 22.7 Å². The Hall–Kier alpha value is -2.91. The first-order valence-electron chi connectivity index (χ1n) is 8.74. The average molecular weight is 396 g/mol. The highest BCUT2D eigenvalue weighted by molar-refractivity contribution is 5.92. The lowest BCUT2D eigenvalue weighted by Crippen LogP contribution is -2.42. The molecule has 150 valence electrons. The van der Waals surface area contributed by atoms with Crippen LogP contribution in [0.3, 0.4) is 0 Å². The number of likely N-dealkylation sites (tertiary alicyclic amines) is 1. The molecule has 1 unspecified atom stereocenters. The molecule has 0 radical (unpaired) electrons. The standard InChI is InChI=1S/C18H19F3N4O3/c1-24-15(26)7-6-14(23-24)17(27)25-9-3-4-12(10-25)11-28-16-13(18(19,20)21)5-2-8-22-16/h2,5-8,12H,3-4,9-11H2,1H3. The molecule has 1 atom stereocenters. The van der Waals surface area contributed by atoms with Crippen LogP contribution in [0.2, 0.25) is 0 Å². The molecule has 0 saturated carbocycles. The minimum Gasteiger partial charge on any atom is -0.477 e. The van der Waals surface area contributed by atoms with Crippen LogP contribution in [0.5, 0.6) is 5.88 Å². The van der Waals surface area contributed by atoms with Gasteiger partial charge in [-0.25, -0.2) is 9.67 Å². The molecule has 10 heteroatoms. The summed E-state index contributed by atoms with van der Waals surface area (Å²) in [7, 11) is 1.46. The number of aryl methyl sites for hydroxylation is 1. The van der Waals surface area contributed by atoms with E-state index < -0.39 is 17.6 Å². The van der Waals surface area contributed by atoms with Crippen molar-refractivity contribution in [1.29, 1.82) is 0 Å². The molecule has 1 amide bonds. The van der Waals surface area contributed by atoms with E-state index in [9.17, 15) is 22.8 Å². The van der Waals surface area contributed by atoms with Gasteiger partial charge < -0.3 is 9.64 Å². The van der Waals surface area contributed by atoms with E-state index in [0.717, 1.165) is 17.2 Å². The highest BCUT2D eigenvalue weighted by Gasteiger charge is 2.35. The maximum atomic E-state index is 13.0. The molecule has 3 heterocycles. The second kappa shape index (κ2) is 7.99. The number of carbonyl (C=O) groups is 1. The van der Waals surface area contributed by atoms with Crippen molar-refractivity contribution in [2.45, 2.75) is 19.0 Å². The Morgan fingerprint density at radius 3 is 2.82 bits per heavy atom. The molecule has 2 aromatic rings. The first kappa shape index (κ1) is 19.8. The zero-order chi connectivity index (χ0) is 20.3. The van der Waals surface area contributed by atoms with Crippen LogP contribution in [-0.2, 0) is 13.2 Å². The van der Waals surface area contributed by atoms with Gasteiger partial charge in [-0.2, -0.15) is 18.3 Å². The normalized spacial score (nSPS) is 17.4. The molecule has 1 fully saturated rings. The third-order valence-electron chi connectivity index (χ3n) is 4.52. The lowest BCUT2D eigenvalue weighted by Gasteiger charge is -2.32. The van der Waals surface area contributed by atoms with Crippen LogP contribution in [0.25, 0.3) is 0 Å². The van der Waals surface area contributed by atoms with E-state index in [1.807, 2.05) is 0 Å². The third kappa shape index (κ3) is 4.49. The molecule has 1 aliphatic heterocycles. The summed E-state index contributed by atoms with van der Waals surface area (Å²) in [5, 5.41) is 3.95. The Morgan fingerprint density at radius 2 is 2.11 bits per heavy atom. The zero-order valence-electron chi connectivity index (χ0n) is 15.1. The second-order valence-electron chi connectivity index (χ2n) is 6.60. The molecule has 0 spiro atoms. The summed E-state index contributed by atoms with van der Waals surface area (Å²) in [6, 6.07) is 4.76. The van der Waals surface area contributed by atoms with Crippen molar-refractivity contribution >= 4 is 5.91 Å². The van der Waals surface area contributed by atoms with Crippen LogP contribution in [-0.4, -0.2) is 45.3 Å². The van der Waals surface area contributed by atoms with Crippen LogP contribution >= 0.6 is 0 Å². The Labute approximate surface area is 158 Å². The van der Waals surface area contributed by atoms with Gasteiger partial charge in [0.2, 0.25) is 5.88 Å². The fraction of sp³-hybridized carbons (Fsp3) is 0.444. The summed E-state index contributed by atoms with van der Waals surface area (Å²) in [5.74, 6) is -0.916. The average Bonchev–Trinajstić information content (AvgIpc) is 2.67. The van der Waals surface area contributed by atoms with Crippen LogP contribution in [0.1, 0.15) is 28.9 Å². The van der Waals surface area contributed by atoms with Gasteiger partial charge in [-0.15, -0.1) is 0 Å². The van der Waals surface area contributed by atoms with Crippen molar-refractivity contribution in [3.05, 3.63) is 52.1 Å². The molecule has 0 aromatic carbocycles. The number of ether oxygens (including phenoxy) is 1. The number of carbonyl (C=O) groups excluding carboxylic acids is 1. The van der Waals surface area contributed by atoms with Gasteiger partial charge >= 0.3 is 6.18 Å². The lowest BCUT2D eigenvalue weighted by molar-refractivity contribution is -0.139. The molecular weight excluding hydrogens is 377 g/mol. The molecule has 1 saturated heterocycles. The highest BCUT2D eigenvalue weighted by Crippen LogP contribution is 2.35. The Morgan fingerprint density at radius 1 is 1.32 bits per heavy atom. The van der Waals surface area contributed by atoms with E-state index in [0.29, 0.717) is 19.5 Å². The number of halogens is 3. The number of nitrogens with zero attached hydrogens (tertiary/aromatic N) is 4. The summed E-state index contributed by atoms with van der Waals surface area (Å²) in [5.41, 5.74) is -1.10. The summed E-state index contributed by atoms with van der Waals surface area (Å²) in [4.78, 5) is 29.3. The topological polar surface area (TPSA) is 77.3 Å². The quantitative estimate of drug-likeness (QED) is 0.791. The lowest BCUT2D eigenvalue weighted by atomic mass is 9.98. The number of hydrogen-bond donors (Lipinski definition) is 0. The SMILES string of the molecule is Cn1nc(C(=O)N2CCCC(COc3ncccc3C(F)(F)F)C2)ccc1=O. The third-order valence-corrected chi connectivity index (χ3v) is 4.52. The van der Waals surface area contributed by atoms with Crippen molar-refractivity contribution in [2.75, 3.05) is 19.7 Å². The van der Waals surface area contributed by atoms with Crippen molar-refractivity contribution in [1.82, 2.24) is 19.7 Å². The van der Waals surface area contributed by atoms with Crippen LogP contribution < -0.4 is 10.3 Å². The summed E-state index contributed by atoms with van der Waals surface area (Å²) < 4.78 is 45.5. The summed E-state index contributed by atoms with van der Waals surface area (Å²) in [6.07, 6.45) is -1.89. The molecule has 0 N–H and O–H groups in total. The van der Waals surface area contributed by atoms with Gasteiger partial charge in [0.25, 0.3) is 11.5 Å². The Kier molecular flexibility index (Phi) is 5.66. The largest absolute Gasteiger partial charge is 0.477 e. The maximum Gasteiger partial charge on any atom is 0.421 e. The molecule has 3 rings (SSSR count). The van der Waals surface area contributed by atoms with Crippen LogP contribution in [0.4, 0.5) is 13.2 Å². The van der Waals surface area contributed by atoms with Gasteiger partial charge in [-0.3, -0.25) is 9.59 Å². The fourth-order valence-electron chi connectivity index (χ4n) is 3.08. The second-order valence-corrected chi connectivity index (χ2v) is 6.60. The van der Waals surface area contributed by atoms with Crippen LogP contribution in [0, 0.1) is 5.92 Å². The van der Waals surface area contributed by atoms with Crippen LogP contribution in [0.15, 0.2) is 35.3 Å². The van der Waals surface area contributed by atoms with Gasteiger partial charge in [-0.05, 0) is 31.0 Å². The fourth-order valence-corrected chi connectivity index (χ4v) is 3.08. The molecule has 1 aliphatic rings. The van der Waals surface area contributed by atoms with E-state index in [2.05, 4.69) is 10.1 Å². The molecule has 7 nitrogen and oxygen atoms in total. The highest BCUT2D eigenvalue weighted by atomic mass is 19.4. The summed E-state index contributed by atoms with van der Waals surface area (Å²) in [6.45, 7) is 0.860. The van der Waals surface area contributed by atoms with E-state index in [4.69, 9.17) is 4.74 Å². The van der Waals surface area contributed by atoms with Gasteiger partial charge in [0.15, 0.2) is 0 Å². The number of aromatic nitrogens is 3. The molecule has 0 bridgehead atoms. The molecule has 28 heavy (non-hydrogen) atoms. The number of piperidine rings is 1. The number of rotatable bonds is 4. The zero-order valence-corrected chi connectivity index (χ0v) is 15.1. The predicted octanol–water partition coefficient (Wildman–Crippen LogP) is 2.13. The van der Waals surface area contributed by atoms with E-state index in [1.165, 1.54) is 31.4 Å². The Balaban J connectivity index is 1.65. The monoisotopic (exact) mass is 396 g/mol. The number of hydrogen-bond acceptors (Lipinski definition) is 5. The van der Waals surface area contributed by atoms with Gasteiger partial charge in [-0.1, -0.05) is 0 Å². The molecule has 2 aromatic heterocycles. The molecular formula is C18H19F3N4O3. The predicted molar refractivity (Wildman–Crippen MR) is 92.8 cm³/mol. The van der Waals surface area contributed by atoms with E-state index >= 15 is 0 Å². The number of amides is 1. The number of alkyl halides is 3. The van der Waals surface area contributed by atoms with Gasteiger partial charge in [0.1, 0.15) is 11.3 Å². The van der Waals surface area contributed by atoms with Crippen molar-refractivity contribution in [2.24, 2.45) is 13.0 Å². The first-order valence-corrected chi connectivity index (χ1v) is 8.74. The Bertz CT molecular complexity index is 913. The van der Waals surface area contributed by atoms with E-state index in [1.54, 1.807) is 4.90 Å². The number of pyridine rings is 1. The minimum atomic E-state index is -4.55. The maximum absolute atomic E-state index is 13.0. The van der Waals surface area contributed by atoms with Gasteiger partial charge in [0, 0.05) is 38.3 Å². The first-order chi connectivity index (χ1) is 13.3. The smallest absolute Gasteiger partial charge is 0.421 e.